The molecule has 4 heteroatoms. The minimum absolute atomic E-state index is 0.0362. The lowest BCUT2D eigenvalue weighted by Crippen LogP contribution is -2.10. The molecular weight excluding hydrogens is 268 g/mol. The molecular formula is C17H26O4. The molecule has 0 aromatic heterocycles. The minimum Gasteiger partial charge on any atom is -0.466 e. The normalized spacial score (nSPS) is 9.48. The number of hydrogen-bond donors (Lipinski definition) is 1. The van der Waals surface area contributed by atoms with Gasteiger partial charge in [0.2, 0.25) is 0 Å². The van der Waals surface area contributed by atoms with Crippen LogP contribution in [0.15, 0.2) is 30.3 Å². The molecule has 0 heterocycles. The van der Waals surface area contributed by atoms with Gasteiger partial charge in [0, 0.05) is 13.0 Å². The summed E-state index contributed by atoms with van der Waals surface area (Å²) in [5, 5.41) is 8.53. The van der Waals surface area contributed by atoms with Crippen molar-refractivity contribution < 1.29 is 19.4 Å². The van der Waals surface area contributed by atoms with E-state index in [0.717, 1.165) is 19.3 Å². The Labute approximate surface area is 127 Å². The Morgan fingerprint density at radius 3 is 2.33 bits per heavy atom. The molecule has 1 aromatic rings. The number of aliphatic hydroxyl groups excluding tert-OH is 1. The average molecular weight is 294 g/mol. The molecule has 4 nitrogen and oxygen atoms in total. The van der Waals surface area contributed by atoms with Crippen LogP contribution in [0.2, 0.25) is 0 Å². The predicted molar refractivity (Wildman–Crippen MR) is 83.0 cm³/mol. The van der Waals surface area contributed by atoms with Crippen LogP contribution in [0.5, 0.6) is 0 Å². The van der Waals surface area contributed by atoms with Gasteiger partial charge in [-0.2, -0.15) is 0 Å². The average Bonchev–Trinajstić information content (AvgIpc) is 2.47. The molecule has 0 aliphatic rings. The minimum atomic E-state index is -0.411. The summed E-state index contributed by atoms with van der Waals surface area (Å²) in [4.78, 5) is 21.5. The van der Waals surface area contributed by atoms with E-state index in [0.29, 0.717) is 13.0 Å². The fourth-order valence-corrected chi connectivity index (χ4v) is 1.67. The fraction of sp³-hybridized carbons (Fsp3) is 0.529. The van der Waals surface area contributed by atoms with E-state index in [1.165, 1.54) is 5.56 Å². The Morgan fingerprint density at radius 2 is 1.81 bits per heavy atom. The van der Waals surface area contributed by atoms with Crippen molar-refractivity contribution in [2.45, 2.75) is 46.0 Å². The number of aryl methyl sites for hydroxylation is 1. The first-order valence-electron chi connectivity index (χ1n) is 7.46. The van der Waals surface area contributed by atoms with Crippen LogP contribution in [0.3, 0.4) is 0 Å². The molecule has 1 N–H and O–H groups in total. The zero-order valence-electron chi connectivity index (χ0n) is 13.0. The van der Waals surface area contributed by atoms with Crippen LogP contribution in [0.4, 0.5) is 0 Å². The predicted octanol–water partition coefficient (Wildman–Crippen LogP) is 2.92. The SMILES string of the molecule is CCCC(=O)CC(=O)OCC.OCCCc1ccccc1. The van der Waals surface area contributed by atoms with Gasteiger partial charge >= 0.3 is 5.97 Å². The van der Waals surface area contributed by atoms with Crippen LogP contribution in [0, 0.1) is 0 Å². The summed E-state index contributed by atoms with van der Waals surface area (Å²) in [6.45, 7) is 4.26. The highest BCUT2D eigenvalue weighted by Crippen LogP contribution is 2.00. The van der Waals surface area contributed by atoms with Crippen molar-refractivity contribution >= 4 is 11.8 Å². The fourth-order valence-electron chi connectivity index (χ4n) is 1.67. The molecule has 0 spiro atoms. The summed E-state index contributed by atoms with van der Waals surface area (Å²) in [6, 6.07) is 10.2. The van der Waals surface area contributed by atoms with E-state index in [1.807, 2.05) is 25.1 Å². The first-order valence-corrected chi connectivity index (χ1v) is 7.46. The number of aliphatic hydroxyl groups is 1. The highest BCUT2D eigenvalue weighted by atomic mass is 16.5. The zero-order chi connectivity index (χ0) is 15.9. The number of rotatable bonds is 8. The van der Waals surface area contributed by atoms with E-state index < -0.39 is 5.97 Å². The van der Waals surface area contributed by atoms with Crippen molar-refractivity contribution in [2.75, 3.05) is 13.2 Å². The van der Waals surface area contributed by atoms with Gasteiger partial charge in [0.05, 0.1) is 6.61 Å². The number of ketones is 1. The van der Waals surface area contributed by atoms with Gasteiger partial charge in [-0.15, -0.1) is 0 Å². The van der Waals surface area contributed by atoms with Crippen molar-refractivity contribution in [2.24, 2.45) is 0 Å². The maximum absolute atomic E-state index is 10.8. The molecule has 1 aromatic carbocycles. The third-order valence-corrected chi connectivity index (χ3v) is 2.64. The molecule has 1 rings (SSSR count). The van der Waals surface area contributed by atoms with Gasteiger partial charge < -0.3 is 9.84 Å². The zero-order valence-corrected chi connectivity index (χ0v) is 13.0. The molecule has 0 radical (unpaired) electrons. The maximum atomic E-state index is 10.8. The maximum Gasteiger partial charge on any atom is 0.313 e. The topological polar surface area (TPSA) is 63.6 Å². The summed E-state index contributed by atoms with van der Waals surface area (Å²) in [7, 11) is 0. The van der Waals surface area contributed by atoms with E-state index in [4.69, 9.17) is 5.11 Å². The largest absolute Gasteiger partial charge is 0.466 e. The van der Waals surface area contributed by atoms with Crippen LogP contribution in [0.1, 0.15) is 45.1 Å². The van der Waals surface area contributed by atoms with Crippen LogP contribution in [-0.4, -0.2) is 30.1 Å². The molecule has 0 amide bonds. The molecule has 21 heavy (non-hydrogen) atoms. The second-order valence-electron chi connectivity index (χ2n) is 4.58. The third-order valence-electron chi connectivity index (χ3n) is 2.64. The Kier molecular flexibility index (Phi) is 12.2. The lowest BCUT2D eigenvalue weighted by atomic mass is 10.1. The molecule has 0 unspecified atom stereocenters. The lowest BCUT2D eigenvalue weighted by molar-refractivity contribution is -0.145. The van der Waals surface area contributed by atoms with Gasteiger partial charge in [0.25, 0.3) is 0 Å². The molecule has 0 bridgehead atoms. The quantitative estimate of drug-likeness (QED) is 0.591. The Balaban J connectivity index is 0.000000382. The molecule has 0 aliphatic heterocycles. The standard InChI is InChI=1S/C9H12O.C8H14O3/c10-8-4-7-9-5-2-1-3-6-9;1-3-5-7(9)6-8(10)11-4-2/h1-3,5-6,10H,4,7-8H2;3-6H2,1-2H3. The third kappa shape index (κ3) is 11.8. The monoisotopic (exact) mass is 294 g/mol. The van der Waals surface area contributed by atoms with Gasteiger partial charge in [-0.3, -0.25) is 9.59 Å². The Bertz CT molecular complexity index is 371. The molecule has 0 atom stereocenters. The molecule has 0 aliphatic carbocycles. The van der Waals surface area contributed by atoms with Gasteiger partial charge in [-0.1, -0.05) is 37.3 Å². The first-order chi connectivity index (χ1) is 10.1. The van der Waals surface area contributed by atoms with Crippen molar-refractivity contribution in [3.8, 4) is 0 Å². The number of Topliss-reactive ketones (excluding diaryl/α,β-unsaturated/α-hetero) is 1. The smallest absolute Gasteiger partial charge is 0.313 e. The highest BCUT2D eigenvalue weighted by Gasteiger charge is 2.08. The van der Waals surface area contributed by atoms with Crippen molar-refractivity contribution in [3.05, 3.63) is 35.9 Å². The van der Waals surface area contributed by atoms with E-state index in [2.05, 4.69) is 16.9 Å². The van der Waals surface area contributed by atoms with Gasteiger partial charge in [0.15, 0.2) is 0 Å². The van der Waals surface area contributed by atoms with Gasteiger partial charge in [-0.05, 0) is 31.7 Å². The molecule has 0 saturated heterocycles. The lowest BCUT2D eigenvalue weighted by Gasteiger charge is -1.98. The summed E-state index contributed by atoms with van der Waals surface area (Å²) >= 11 is 0. The first kappa shape index (κ1) is 19.3. The van der Waals surface area contributed by atoms with Gasteiger partial charge in [0.1, 0.15) is 12.2 Å². The molecule has 118 valence electrons. The number of hydrogen-bond acceptors (Lipinski definition) is 4. The Hall–Kier alpha value is -1.68. The van der Waals surface area contributed by atoms with Crippen molar-refractivity contribution in [1.29, 1.82) is 0 Å². The molecule has 0 fully saturated rings. The number of benzene rings is 1. The van der Waals surface area contributed by atoms with Crippen LogP contribution in [0.25, 0.3) is 0 Å². The van der Waals surface area contributed by atoms with E-state index in [1.54, 1.807) is 6.92 Å². The van der Waals surface area contributed by atoms with Gasteiger partial charge in [-0.25, -0.2) is 0 Å². The van der Waals surface area contributed by atoms with E-state index in [-0.39, 0.29) is 18.8 Å². The highest BCUT2D eigenvalue weighted by molar-refractivity contribution is 5.95. The van der Waals surface area contributed by atoms with Crippen LogP contribution in [-0.2, 0) is 20.7 Å². The number of esters is 1. The Morgan fingerprint density at radius 1 is 1.14 bits per heavy atom. The second kappa shape index (κ2) is 13.3. The van der Waals surface area contributed by atoms with Crippen molar-refractivity contribution in [3.63, 3.8) is 0 Å². The van der Waals surface area contributed by atoms with Crippen molar-refractivity contribution in [1.82, 2.24) is 0 Å². The van der Waals surface area contributed by atoms with E-state index in [9.17, 15) is 9.59 Å². The second-order valence-corrected chi connectivity index (χ2v) is 4.58. The summed E-state index contributed by atoms with van der Waals surface area (Å²) in [6.07, 6.45) is 3.04. The number of carbonyl (C=O) groups excluding carboxylic acids is 2. The number of carbonyl (C=O) groups is 2. The number of ether oxygens (including phenoxy) is 1. The molecule has 0 saturated carbocycles. The summed E-state index contributed by atoms with van der Waals surface area (Å²) < 4.78 is 4.60. The van der Waals surface area contributed by atoms with E-state index >= 15 is 0 Å². The summed E-state index contributed by atoms with van der Waals surface area (Å²) in [5.74, 6) is -0.447. The summed E-state index contributed by atoms with van der Waals surface area (Å²) in [5.41, 5.74) is 1.30. The van der Waals surface area contributed by atoms with Crippen LogP contribution >= 0.6 is 0 Å². The van der Waals surface area contributed by atoms with Crippen LogP contribution < -0.4 is 0 Å².